The number of benzene rings is 1. The molecule has 0 spiro atoms. The van der Waals surface area contributed by atoms with Gasteiger partial charge in [0.05, 0.1) is 5.02 Å². The van der Waals surface area contributed by atoms with E-state index in [1.54, 1.807) is 13.8 Å². The Morgan fingerprint density at radius 2 is 1.89 bits per heavy atom. The van der Waals surface area contributed by atoms with Crippen LogP contribution < -0.4 is 5.32 Å². The lowest BCUT2D eigenvalue weighted by Crippen LogP contribution is -2.38. The summed E-state index contributed by atoms with van der Waals surface area (Å²) in [6, 6.07) is 3.51. The number of carbonyl (C=O) groups excluding carboxylic acids is 3. The molecule has 4 amide bonds. The third-order valence-electron chi connectivity index (χ3n) is 4.07. The van der Waals surface area contributed by atoms with Crippen LogP contribution in [0.25, 0.3) is 0 Å². The van der Waals surface area contributed by atoms with Crippen molar-refractivity contribution in [1.82, 2.24) is 14.1 Å². The third kappa shape index (κ3) is 4.40. The van der Waals surface area contributed by atoms with Crippen LogP contribution in [0.5, 0.6) is 0 Å². The van der Waals surface area contributed by atoms with Gasteiger partial charge in [-0.15, -0.1) is 0 Å². The van der Waals surface area contributed by atoms with Gasteiger partial charge in [-0.25, -0.2) is 13.2 Å². The first-order chi connectivity index (χ1) is 12.6. The van der Waals surface area contributed by atoms with Crippen molar-refractivity contribution in [2.45, 2.75) is 18.7 Å². The topological polar surface area (TPSA) is 107 Å². The van der Waals surface area contributed by atoms with E-state index in [9.17, 15) is 22.8 Å². The molecular formula is C16H21ClN4O5S. The molecular weight excluding hydrogens is 396 g/mol. The van der Waals surface area contributed by atoms with Crippen molar-refractivity contribution in [2.24, 2.45) is 0 Å². The van der Waals surface area contributed by atoms with E-state index < -0.39 is 34.4 Å². The summed E-state index contributed by atoms with van der Waals surface area (Å²) in [5.74, 6) is -1.10. The Kier molecular flexibility index (Phi) is 6.45. The van der Waals surface area contributed by atoms with Crippen LogP contribution in [0.15, 0.2) is 23.1 Å². The number of carbonyl (C=O) groups is 3. The summed E-state index contributed by atoms with van der Waals surface area (Å²) in [6.45, 7) is 3.43. The van der Waals surface area contributed by atoms with Crippen molar-refractivity contribution in [3.63, 3.8) is 0 Å². The number of nitrogens with zero attached hydrogens (tertiary/aromatic N) is 3. The Bertz CT molecular complexity index is 870. The average Bonchev–Trinajstić information content (AvgIpc) is 2.83. The Labute approximate surface area is 162 Å². The lowest BCUT2D eigenvalue weighted by atomic mass is 10.3. The molecule has 1 heterocycles. The number of rotatable bonds is 7. The zero-order valence-electron chi connectivity index (χ0n) is 15.2. The molecule has 1 N–H and O–H groups in total. The maximum Gasteiger partial charge on any atom is 0.327 e. The molecule has 0 saturated carbocycles. The molecule has 11 heteroatoms. The smallest absolute Gasteiger partial charge is 0.324 e. The highest BCUT2D eigenvalue weighted by Gasteiger charge is 2.34. The fraction of sp³-hybridized carbons (Fsp3) is 0.438. The van der Waals surface area contributed by atoms with Gasteiger partial charge in [0.2, 0.25) is 15.9 Å². The molecule has 2 rings (SSSR count). The molecule has 0 aliphatic carbocycles. The van der Waals surface area contributed by atoms with E-state index in [0.29, 0.717) is 0 Å². The predicted octanol–water partition coefficient (Wildman–Crippen LogP) is 1.20. The monoisotopic (exact) mass is 416 g/mol. The van der Waals surface area contributed by atoms with E-state index in [1.165, 1.54) is 34.5 Å². The van der Waals surface area contributed by atoms with Crippen molar-refractivity contribution in [2.75, 3.05) is 38.5 Å². The van der Waals surface area contributed by atoms with Gasteiger partial charge < -0.3 is 10.2 Å². The van der Waals surface area contributed by atoms with E-state index in [4.69, 9.17) is 11.6 Å². The second kappa shape index (κ2) is 8.24. The minimum Gasteiger partial charge on any atom is -0.324 e. The molecule has 1 aliphatic rings. The lowest BCUT2D eigenvalue weighted by Gasteiger charge is -2.20. The normalized spacial score (nSPS) is 15.0. The molecule has 1 aromatic rings. The number of hydrogen-bond acceptors (Lipinski definition) is 5. The summed E-state index contributed by atoms with van der Waals surface area (Å²) in [5, 5.41) is 2.53. The number of likely N-dealkylation sites (N-methyl/N-ethyl adjacent to an activating group) is 1. The van der Waals surface area contributed by atoms with Crippen LogP contribution in [0.3, 0.4) is 0 Å². The molecule has 0 radical (unpaired) electrons. The average molecular weight is 417 g/mol. The summed E-state index contributed by atoms with van der Waals surface area (Å²) in [5.41, 5.74) is 0.197. The van der Waals surface area contributed by atoms with Gasteiger partial charge in [-0.1, -0.05) is 25.4 Å². The van der Waals surface area contributed by atoms with Crippen molar-refractivity contribution < 1.29 is 22.8 Å². The maximum absolute atomic E-state index is 12.7. The van der Waals surface area contributed by atoms with Crippen LogP contribution in [0, 0.1) is 0 Å². The van der Waals surface area contributed by atoms with Crippen LogP contribution in [-0.2, 0) is 19.6 Å². The zero-order chi connectivity index (χ0) is 20.4. The van der Waals surface area contributed by atoms with Gasteiger partial charge in [-0.3, -0.25) is 14.5 Å². The number of nitrogens with one attached hydrogen (secondary N) is 1. The highest BCUT2D eigenvalue weighted by molar-refractivity contribution is 7.89. The predicted molar refractivity (Wildman–Crippen MR) is 99.9 cm³/mol. The van der Waals surface area contributed by atoms with Crippen LogP contribution in [-0.4, -0.2) is 73.6 Å². The van der Waals surface area contributed by atoms with Gasteiger partial charge in [-0.05, 0) is 18.2 Å². The second-order valence-electron chi connectivity index (χ2n) is 5.90. The Hall–Kier alpha value is -2.17. The first kappa shape index (κ1) is 21.1. The molecule has 1 aromatic carbocycles. The number of imide groups is 1. The first-order valence-corrected chi connectivity index (χ1v) is 10.1. The Morgan fingerprint density at radius 1 is 1.26 bits per heavy atom. The van der Waals surface area contributed by atoms with E-state index >= 15 is 0 Å². The second-order valence-corrected chi connectivity index (χ2v) is 8.21. The van der Waals surface area contributed by atoms with Gasteiger partial charge in [0.1, 0.15) is 18.0 Å². The minimum absolute atomic E-state index is 0.0337. The van der Waals surface area contributed by atoms with Gasteiger partial charge >= 0.3 is 6.03 Å². The molecule has 1 fully saturated rings. The molecule has 148 valence electrons. The lowest BCUT2D eigenvalue weighted by molar-refractivity contribution is -0.129. The Morgan fingerprint density at radius 3 is 2.41 bits per heavy atom. The zero-order valence-corrected chi connectivity index (χ0v) is 16.8. The Balaban J connectivity index is 2.20. The number of urea groups is 1. The summed E-state index contributed by atoms with van der Waals surface area (Å²) in [7, 11) is -2.35. The van der Waals surface area contributed by atoms with Crippen molar-refractivity contribution >= 4 is 45.2 Å². The summed E-state index contributed by atoms with van der Waals surface area (Å²) in [6.07, 6.45) is 0. The number of halogens is 1. The molecule has 0 unspecified atom stereocenters. The molecule has 1 aliphatic heterocycles. The van der Waals surface area contributed by atoms with Crippen molar-refractivity contribution in [3.05, 3.63) is 23.2 Å². The maximum atomic E-state index is 12.7. The van der Waals surface area contributed by atoms with Crippen LogP contribution in [0.2, 0.25) is 5.02 Å². The van der Waals surface area contributed by atoms with Crippen molar-refractivity contribution in [3.8, 4) is 0 Å². The van der Waals surface area contributed by atoms with Gasteiger partial charge in [-0.2, -0.15) is 4.31 Å². The first-order valence-electron chi connectivity index (χ1n) is 8.26. The van der Waals surface area contributed by atoms with Crippen LogP contribution in [0.1, 0.15) is 13.8 Å². The fourth-order valence-corrected chi connectivity index (χ4v) is 4.61. The van der Waals surface area contributed by atoms with E-state index in [-0.39, 0.29) is 35.2 Å². The molecule has 9 nitrogen and oxygen atoms in total. The van der Waals surface area contributed by atoms with E-state index in [2.05, 4.69) is 5.32 Å². The summed E-state index contributed by atoms with van der Waals surface area (Å²) in [4.78, 5) is 37.7. The summed E-state index contributed by atoms with van der Waals surface area (Å²) < 4.78 is 26.6. The number of sulfonamides is 1. The van der Waals surface area contributed by atoms with Crippen LogP contribution >= 0.6 is 11.6 Å². The largest absolute Gasteiger partial charge is 0.327 e. The molecule has 0 atom stereocenters. The third-order valence-corrected chi connectivity index (χ3v) is 6.60. The molecule has 0 aromatic heterocycles. The highest BCUT2D eigenvalue weighted by atomic mass is 35.5. The quantitative estimate of drug-likeness (QED) is 0.672. The molecule has 0 bridgehead atoms. The molecule has 1 saturated heterocycles. The fourth-order valence-electron chi connectivity index (χ4n) is 2.65. The SMILES string of the molecule is CCN(CC)S(=O)(=O)c1cc(NC(=O)CN2C(=O)CN(C)C2=O)ccc1Cl. The highest BCUT2D eigenvalue weighted by Crippen LogP contribution is 2.27. The van der Waals surface area contributed by atoms with E-state index in [1.807, 2.05) is 0 Å². The van der Waals surface area contributed by atoms with E-state index in [0.717, 1.165) is 4.90 Å². The molecule has 27 heavy (non-hydrogen) atoms. The minimum atomic E-state index is -3.81. The van der Waals surface area contributed by atoms with Crippen LogP contribution in [0.4, 0.5) is 10.5 Å². The van der Waals surface area contributed by atoms with Gasteiger partial charge in [0.25, 0.3) is 5.91 Å². The summed E-state index contributed by atoms with van der Waals surface area (Å²) >= 11 is 6.05. The van der Waals surface area contributed by atoms with Gasteiger partial charge in [0.15, 0.2) is 0 Å². The number of anilines is 1. The van der Waals surface area contributed by atoms with Crippen molar-refractivity contribution in [1.29, 1.82) is 0 Å². The number of amides is 4. The van der Waals surface area contributed by atoms with Gasteiger partial charge in [0, 0.05) is 25.8 Å². The standard InChI is InChI=1S/C16H21ClN4O5S/c1-4-20(5-2)27(25,26)13-8-11(6-7-12(13)17)18-14(22)9-21-15(23)10-19(3)16(21)24/h6-8H,4-5,9-10H2,1-3H3,(H,18,22). The number of hydrogen-bond donors (Lipinski definition) is 1.